The number of rotatable bonds is 4. The van der Waals surface area contributed by atoms with E-state index in [-0.39, 0.29) is 0 Å². The van der Waals surface area contributed by atoms with E-state index >= 15 is 0 Å². The van der Waals surface area contributed by atoms with Gasteiger partial charge in [0.05, 0.1) is 0 Å². The van der Waals surface area contributed by atoms with Crippen molar-refractivity contribution in [3.05, 3.63) is 33.8 Å². The molecule has 0 spiro atoms. The van der Waals surface area contributed by atoms with Crippen LogP contribution >= 0.6 is 15.9 Å². The Balaban J connectivity index is 2.13. The number of hydrogen-bond acceptors (Lipinski definition) is 1. The fourth-order valence-electron chi connectivity index (χ4n) is 2.98. The van der Waals surface area contributed by atoms with Gasteiger partial charge in [0.1, 0.15) is 0 Å². The third-order valence-corrected chi connectivity index (χ3v) is 4.94. The van der Waals surface area contributed by atoms with Crippen LogP contribution in [-0.4, -0.2) is 7.05 Å². The maximum atomic E-state index is 3.63. The van der Waals surface area contributed by atoms with Gasteiger partial charge in [0.25, 0.3) is 0 Å². The molecule has 1 fully saturated rings. The van der Waals surface area contributed by atoms with Crippen LogP contribution in [0.15, 0.2) is 22.7 Å². The standard InChI is InChI=1S/C15H22BrN/c1-11-13(8-5-9-14(11)16)15(17-2)10-12-6-3-4-7-12/h5,8-9,12,15,17H,3-4,6-7,10H2,1-2H3. The van der Waals surface area contributed by atoms with E-state index < -0.39 is 0 Å². The van der Waals surface area contributed by atoms with Crippen molar-refractivity contribution in [2.75, 3.05) is 7.05 Å². The van der Waals surface area contributed by atoms with Crippen molar-refractivity contribution < 1.29 is 0 Å². The fraction of sp³-hybridized carbons (Fsp3) is 0.600. The normalized spacial score (nSPS) is 18.5. The lowest BCUT2D eigenvalue weighted by Crippen LogP contribution is -2.20. The van der Waals surface area contributed by atoms with E-state index in [1.54, 1.807) is 0 Å². The molecule has 2 rings (SSSR count). The van der Waals surface area contributed by atoms with E-state index in [1.165, 1.54) is 47.7 Å². The van der Waals surface area contributed by atoms with Crippen LogP contribution in [0.5, 0.6) is 0 Å². The average molecular weight is 296 g/mol. The van der Waals surface area contributed by atoms with E-state index in [4.69, 9.17) is 0 Å². The second-order valence-corrected chi connectivity index (χ2v) is 6.04. The summed E-state index contributed by atoms with van der Waals surface area (Å²) < 4.78 is 1.22. The Hall–Kier alpha value is -0.340. The maximum absolute atomic E-state index is 3.63. The maximum Gasteiger partial charge on any atom is 0.0323 e. The highest BCUT2D eigenvalue weighted by Crippen LogP contribution is 2.34. The number of hydrogen-bond donors (Lipinski definition) is 1. The minimum absolute atomic E-state index is 0.510. The molecular formula is C15H22BrN. The van der Waals surface area contributed by atoms with Crippen molar-refractivity contribution >= 4 is 15.9 Å². The molecule has 1 aliphatic rings. The highest BCUT2D eigenvalue weighted by atomic mass is 79.9. The Kier molecular flexibility index (Phi) is 4.63. The minimum Gasteiger partial charge on any atom is -0.313 e. The summed E-state index contributed by atoms with van der Waals surface area (Å²) in [5.41, 5.74) is 2.83. The first kappa shape index (κ1) is 13.1. The summed E-state index contributed by atoms with van der Waals surface area (Å²) in [7, 11) is 2.08. The SMILES string of the molecule is CNC(CC1CCCC1)c1cccc(Br)c1C. The summed E-state index contributed by atoms with van der Waals surface area (Å²) in [6.45, 7) is 2.21. The molecule has 0 radical (unpaired) electrons. The lowest BCUT2D eigenvalue weighted by Gasteiger charge is -2.22. The number of halogens is 1. The molecule has 94 valence electrons. The Morgan fingerprint density at radius 2 is 2.06 bits per heavy atom. The monoisotopic (exact) mass is 295 g/mol. The Labute approximate surface area is 113 Å². The zero-order valence-corrected chi connectivity index (χ0v) is 12.4. The molecule has 17 heavy (non-hydrogen) atoms. The van der Waals surface area contributed by atoms with E-state index in [0.717, 1.165) is 5.92 Å². The molecule has 1 nitrogen and oxygen atoms in total. The molecule has 1 aromatic rings. The Morgan fingerprint density at radius 1 is 1.35 bits per heavy atom. The van der Waals surface area contributed by atoms with Crippen LogP contribution in [0.1, 0.15) is 49.3 Å². The minimum atomic E-state index is 0.510. The highest BCUT2D eigenvalue weighted by molar-refractivity contribution is 9.10. The van der Waals surface area contributed by atoms with Gasteiger partial charge in [0.15, 0.2) is 0 Å². The summed E-state index contributed by atoms with van der Waals surface area (Å²) >= 11 is 3.63. The third-order valence-electron chi connectivity index (χ3n) is 4.08. The summed E-state index contributed by atoms with van der Waals surface area (Å²) in [4.78, 5) is 0. The molecule has 0 bridgehead atoms. The average Bonchev–Trinajstić information content (AvgIpc) is 2.83. The number of nitrogens with one attached hydrogen (secondary N) is 1. The highest BCUT2D eigenvalue weighted by Gasteiger charge is 2.21. The van der Waals surface area contributed by atoms with Crippen LogP contribution in [0, 0.1) is 12.8 Å². The van der Waals surface area contributed by atoms with E-state index in [9.17, 15) is 0 Å². The van der Waals surface area contributed by atoms with Crippen LogP contribution in [0.25, 0.3) is 0 Å². The van der Waals surface area contributed by atoms with Gasteiger partial charge < -0.3 is 5.32 Å². The molecule has 2 heteroatoms. The molecule has 0 aliphatic heterocycles. The largest absolute Gasteiger partial charge is 0.313 e. The molecule has 1 aromatic carbocycles. The summed E-state index contributed by atoms with van der Waals surface area (Å²) in [6, 6.07) is 7.04. The van der Waals surface area contributed by atoms with Crippen LogP contribution in [0.3, 0.4) is 0 Å². The van der Waals surface area contributed by atoms with Crippen molar-refractivity contribution in [2.24, 2.45) is 5.92 Å². The topological polar surface area (TPSA) is 12.0 Å². The smallest absolute Gasteiger partial charge is 0.0323 e. The van der Waals surface area contributed by atoms with Crippen molar-refractivity contribution in [3.63, 3.8) is 0 Å². The van der Waals surface area contributed by atoms with Gasteiger partial charge in [-0.1, -0.05) is 53.7 Å². The zero-order chi connectivity index (χ0) is 12.3. The summed E-state index contributed by atoms with van der Waals surface area (Å²) in [5.74, 6) is 0.922. The van der Waals surface area contributed by atoms with Gasteiger partial charge >= 0.3 is 0 Å². The van der Waals surface area contributed by atoms with Crippen molar-refractivity contribution in [2.45, 2.75) is 45.1 Å². The van der Waals surface area contributed by atoms with Crippen molar-refractivity contribution in [3.8, 4) is 0 Å². The van der Waals surface area contributed by atoms with Crippen LogP contribution < -0.4 is 5.32 Å². The van der Waals surface area contributed by atoms with E-state index in [1.807, 2.05) is 0 Å². The van der Waals surface area contributed by atoms with Gasteiger partial charge in [-0.25, -0.2) is 0 Å². The first-order valence-electron chi connectivity index (χ1n) is 6.64. The first-order chi connectivity index (χ1) is 8.22. The van der Waals surface area contributed by atoms with E-state index in [2.05, 4.69) is 53.4 Å². The first-order valence-corrected chi connectivity index (χ1v) is 7.44. The van der Waals surface area contributed by atoms with Gasteiger partial charge in [-0.2, -0.15) is 0 Å². The summed E-state index contributed by atoms with van der Waals surface area (Å²) in [5, 5.41) is 3.49. The number of benzene rings is 1. The van der Waals surface area contributed by atoms with Crippen LogP contribution in [0.4, 0.5) is 0 Å². The van der Waals surface area contributed by atoms with Crippen molar-refractivity contribution in [1.82, 2.24) is 5.32 Å². The van der Waals surface area contributed by atoms with Gasteiger partial charge in [0, 0.05) is 10.5 Å². The third kappa shape index (κ3) is 3.11. The Morgan fingerprint density at radius 3 is 2.71 bits per heavy atom. The lowest BCUT2D eigenvalue weighted by atomic mass is 9.91. The molecule has 0 heterocycles. The molecule has 1 atom stereocenters. The second kappa shape index (κ2) is 6.01. The molecule has 1 unspecified atom stereocenters. The molecule has 1 N–H and O–H groups in total. The Bertz CT molecular complexity index is 369. The second-order valence-electron chi connectivity index (χ2n) is 5.18. The molecule has 1 saturated carbocycles. The molecular weight excluding hydrogens is 274 g/mol. The van der Waals surface area contributed by atoms with Gasteiger partial charge in [-0.3, -0.25) is 0 Å². The van der Waals surface area contributed by atoms with Crippen molar-refractivity contribution in [1.29, 1.82) is 0 Å². The fourth-order valence-corrected chi connectivity index (χ4v) is 3.36. The zero-order valence-electron chi connectivity index (χ0n) is 10.8. The molecule has 0 aromatic heterocycles. The molecule has 0 amide bonds. The van der Waals surface area contributed by atoms with E-state index in [0.29, 0.717) is 6.04 Å². The quantitative estimate of drug-likeness (QED) is 0.856. The van der Waals surface area contributed by atoms with Crippen LogP contribution in [0.2, 0.25) is 0 Å². The summed E-state index contributed by atoms with van der Waals surface area (Å²) in [6.07, 6.45) is 6.99. The van der Waals surface area contributed by atoms with Gasteiger partial charge in [-0.05, 0) is 43.5 Å². The molecule has 0 saturated heterocycles. The van der Waals surface area contributed by atoms with Gasteiger partial charge in [0.2, 0.25) is 0 Å². The predicted molar refractivity (Wildman–Crippen MR) is 77.3 cm³/mol. The predicted octanol–water partition coefficient (Wildman–Crippen LogP) is 4.60. The lowest BCUT2D eigenvalue weighted by molar-refractivity contribution is 0.412. The van der Waals surface area contributed by atoms with Gasteiger partial charge in [-0.15, -0.1) is 0 Å². The molecule has 1 aliphatic carbocycles. The van der Waals surface area contributed by atoms with Crippen LogP contribution in [-0.2, 0) is 0 Å².